The van der Waals surface area contributed by atoms with Crippen LogP contribution in [0.5, 0.6) is 5.75 Å². The second-order valence-corrected chi connectivity index (χ2v) is 6.42. The normalized spacial score (nSPS) is 24.2. The number of unbranched alkanes of at least 4 members (excludes halogenated alkanes) is 1. The van der Waals surface area contributed by atoms with Crippen LogP contribution < -0.4 is 20.7 Å². The van der Waals surface area contributed by atoms with Gasteiger partial charge in [0.1, 0.15) is 23.9 Å². The molecule has 2 aliphatic heterocycles. The molecule has 3 N–H and O–H groups in total. The zero-order valence-corrected chi connectivity index (χ0v) is 14.9. The zero-order valence-electron chi connectivity index (χ0n) is 14.9. The summed E-state index contributed by atoms with van der Waals surface area (Å²) in [6.45, 7) is 2.39. The van der Waals surface area contributed by atoms with E-state index < -0.39 is 36.1 Å². The number of nitriles is 1. The number of carbonyl (C=O) groups is 3. The summed E-state index contributed by atoms with van der Waals surface area (Å²) in [7, 11) is 0. The zero-order chi connectivity index (χ0) is 19.4. The minimum Gasteiger partial charge on any atom is -0.479 e. The monoisotopic (exact) mass is 371 g/mol. The number of nitrogens with zero attached hydrogens (tertiary/aromatic N) is 2. The van der Waals surface area contributed by atoms with Crippen molar-refractivity contribution in [3.8, 4) is 11.8 Å². The fraction of sp³-hybridized carbons (Fsp3) is 0.444. The lowest BCUT2D eigenvalue weighted by Crippen LogP contribution is -2.72. The summed E-state index contributed by atoms with van der Waals surface area (Å²) < 4.78 is 5.23. The van der Waals surface area contributed by atoms with E-state index in [1.165, 1.54) is 4.90 Å². The number of hydrogen-bond donors (Lipinski definition) is 3. The van der Waals surface area contributed by atoms with Gasteiger partial charge in [0.2, 0.25) is 5.91 Å². The van der Waals surface area contributed by atoms with Crippen molar-refractivity contribution in [2.75, 3.05) is 13.2 Å². The highest BCUT2D eigenvalue weighted by Gasteiger charge is 2.49. The SMILES string of the molecule is CCCCN1C(=O)NC(=O)C2C(c3ccc(OCC#N)cc3)NC(=O)NC21. The Hall–Kier alpha value is -3.28. The third-order valence-electron chi connectivity index (χ3n) is 4.69. The Bertz CT molecular complexity index is 773. The van der Waals surface area contributed by atoms with Crippen molar-refractivity contribution in [3.63, 3.8) is 0 Å². The van der Waals surface area contributed by atoms with Crippen LogP contribution in [0.2, 0.25) is 0 Å². The Labute approximate surface area is 156 Å². The average molecular weight is 371 g/mol. The van der Waals surface area contributed by atoms with Crippen LogP contribution in [0.15, 0.2) is 24.3 Å². The molecule has 1 aromatic carbocycles. The minimum absolute atomic E-state index is 0.0644. The Morgan fingerprint density at radius 2 is 1.93 bits per heavy atom. The molecule has 27 heavy (non-hydrogen) atoms. The lowest BCUT2D eigenvalue weighted by atomic mass is 9.86. The van der Waals surface area contributed by atoms with E-state index in [4.69, 9.17) is 10.00 Å². The lowest BCUT2D eigenvalue weighted by molar-refractivity contribution is -0.130. The van der Waals surface area contributed by atoms with Gasteiger partial charge in [-0.15, -0.1) is 0 Å². The Morgan fingerprint density at radius 1 is 1.19 bits per heavy atom. The van der Waals surface area contributed by atoms with Gasteiger partial charge in [0.15, 0.2) is 6.61 Å². The van der Waals surface area contributed by atoms with Gasteiger partial charge < -0.3 is 20.3 Å². The molecule has 0 saturated carbocycles. The van der Waals surface area contributed by atoms with E-state index in [9.17, 15) is 14.4 Å². The van der Waals surface area contributed by atoms with Gasteiger partial charge in [-0.2, -0.15) is 5.26 Å². The van der Waals surface area contributed by atoms with Gasteiger partial charge in [-0.3, -0.25) is 10.1 Å². The molecule has 0 bridgehead atoms. The molecule has 0 spiro atoms. The molecule has 2 fully saturated rings. The van der Waals surface area contributed by atoms with Crippen LogP contribution in [0, 0.1) is 17.2 Å². The molecule has 9 nitrogen and oxygen atoms in total. The van der Waals surface area contributed by atoms with E-state index in [1.54, 1.807) is 24.3 Å². The standard InChI is InChI=1S/C18H21N5O4/c1-2-3-9-23-15-13(16(24)22-18(23)26)14(20-17(25)21-15)11-4-6-12(7-5-11)27-10-8-19/h4-7,13-15H,2-3,9-10H2,1H3,(H2,20,21,25)(H,22,24,26). The predicted octanol–water partition coefficient (Wildman–Crippen LogP) is 1.24. The number of ether oxygens (including phenoxy) is 1. The second kappa shape index (κ2) is 7.95. The molecule has 0 aliphatic carbocycles. The molecule has 3 atom stereocenters. The summed E-state index contributed by atoms with van der Waals surface area (Å²) in [6, 6.07) is 7.20. The van der Waals surface area contributed by atoms with Crippen molar-refractivity contribution in [1.29, 1.82) is 5.26 Å². The summed E-state index contributed by atoms with van der Waals surface area (Å²) in [4.78, 5) is 38.5. The highest BCUT2D eigenvalue weighted by molar-refractivity contribution is 6.00. The van der Waals surface area contributed by atoms with E-state index in [0.717, 1.165) is 12.8 Å². The van der Waals surface area contributed by atoms with Gasteiger partial charge in [0, 0.05) is 6.54 Å². The van der Waals surface area contributed by atoms with Crippen LogP contribution >= 0.6 is 0 Å². The highest BCUT2D eigenvalue weighted by Crippen LogP contribution is 2.32. The van der Waals surface area contributed by atoms with Gasteiger partial charge in [0.05, 0.1) is 6.04 Å². The second-order valence-electron chi connectivity index (χ2n) is 6.42. The molecular weight excluding hydrogens is 350 g/mol. The number of carbonyl (C=O) groups excluding carboxylic acids is 3. The molecule has 0 aromatic heterocycles. The van der Waals surface area contributed by atoms with Crippen molar-refractivity contribution in [2.45, 2.75) is 32.0 Å². The summed E-state index contributed by atoms with van der Waals surface area (Å²) in [5, 5.41) is 16.4. The van der Waals surface area contributed by atoms with Gasteiger partial charge in [-0.05, 0) is 24.1 Å². The lowest BCUT2D eigenvalue weighted by Gasteiger charge is -2.46. The molecule has 2 heterocycles. The first-order valence-electron chi connectivity index (χ1n) is 8.83. The van der Waals surface area contributed by atoms with E-state index in [2.05, 4.69) is 16.0 Å². The summed E-state index contributed by atoms with van der Waals surface area (Å²) in [6.07, 6.45) is 0.949. The third-order valence-corrected chi connectivity index (χ3v) is 4.69. The molecule has 3 rings (SSSR count). The van der Waals surface area contributed by atoms with Crippen molar-refractivity contribution >= 4 is 18.0 Å². The number of urea groups is 2. The minimum atomic E-state index is -0.703. The predicted molar refractivity (Wildman–Crippen MR) is 94.4 cm³/mol. The first-order valence-corrected chi connectivity index (χ1v) is 8.83. The van der Waals surface area contributed by atoms with E-state index >= 15 is 0 Å². The molecule has 142 valence electrons. The maximum atomic E-state index is 12.5. The quantitative estimate of drug-likeness (QED) is 0.694. The molecular formula is C18H21N5O4. The number of imide groups is 1. The van der Waals surface area contributed by atoms with Crippen LogP contribution in [-0.2, 0) is 4.79 Å². The first kappa shape index (κ1) is 18.5. The third kappa shape index (κ3) is 3.79. The van der Waals surface area contributed by atoms with Crippen LogP contribution in [0.25, 0.3) is 0 Å². The summed E-state index contributed by atoms with van der Waals surface area (Å²) >= 11 is 0. The van der Waals surface area contributed by atoms with Crippen LogP contribution in [-0.4, -0.2) is 42.2 Å². The largest absolute Gasteiger partial charge is 0.479 e. The number of amides is 5. The van der Waals surface area contributed by atoms with E-state index in [1.807, 2.05) is 13.0 Å². The molecule has 9 heteroatoms. The average Bonchev–Trinajstić information content (AvgIpc) is 2.65. The Balaban J connectivity index is 1.87. The van der Waals surface area contributed by atoms with Gasteiger partial charge in [-0.25, -0.2) is 9.59 Å². The number of nitrogens with one attached hydrogen (secondary N) is 3. The fourth-order valence-electron chi connectivity index (χ4n) is 3.38. The molecule has 2 aliphatic rings. The number of fused-ring (bicyclic) bond motifs is 1. The number of rotatable bonds is 6. The number of benzene rings is 1. The number of hydrogen-bond acceptors (Lipinski definition) is 5. The molecule has 2 saturated heterocycles. The van der Waals surface area contributed by atoms with Crippen molar-refractivity contribution in [1.82, 2.24) is 20.9 Å². The highest BCUT2D eigenvalue weighted by atomic mass is 16.5. The molecule has 1 aromatic rings. The summed E-state index contributed by atoms with van der Waals surface area (Å²) in [5.41, 5.74) is 0.712. The van der Waals surface area contributed by atoms with E-state index in [-0.39, 0.29) is 6.61 Å². The van der Waals surface area contributed by atoms with Gasteiger partial charge in [-0.1, -0.05) is 25.5 Å². The smallest absolute Gasteiger partial charge is 0.325 e. The topological polar surface area (TPSA) is 124 Å². The maximum absolute atomic E-state index is 12.5. The first-order chi connectivity index (χ1) is 13.0. The van der Waals surface area contributed by atoms with Crippen molar-refractivity contribution in [3.05, 3.63) is 29.8 Å². The Morgan fingerprint density at radius 3 is 2.59 bits per heavy atom. The molecule has 0 radical (unpaired) electrons. The van der Waals surface area contributed by atoms with Crippen LogP contribution in [0.1, 0.15) is 31.4 Å². The van der Waals surface area contributed by atoms with Crippen LogP contribution in [0.4, 0.5) is 9.59 Å². The van der Waals surface area contributed by atoms with E-state index in [0.29, 0.717) is 17.9 Å². The van der Waals surface area contributed by atoms with Gasteiger partial charge >= 0.3 is 12.1 Å². The summed E-state index contributed by atoms with van der Waals surface area (Å²) in [5.74, 6) is -0.576. The molecule has 5 amide bonds. The van der Waals surface area contributed by atoms with Crippen LogP contribution in [0.3, 0.4) is 0 Å². The Kier molecular flexibility index (Phi) is 5.45. The van der Waals surface area contributed by atoms with Crippen molar-refractivity contribution < 1.29 is 19.1 Å². The van der Waals surface area contributed by atoms with Crippen molar-refractivity contribution in [2.24, 2.45) is 5.92 Å². The maximum Gasteiger partial charge on any atom is 0.325 e. The fourth-order valence-corrected chi connectivity index (χ4v) is 3.38. The molecule has 3 unspecified atom stereocenters. The van der Waals surface area contributed by atoms with Gasteiger partial charge in [0.25, 0.3) is 0 Å².